The van der Waals surface area contributed by atoms with E-state index >= 15 is 0 Å². The first-order valence-corrected chi connectivity index (χ1v) is 9.76. The second-order valence-electron chi connectivity index (χ2n) is 7.14. The molecule has 0 spiro atoms. The highest BCUT2D eigenvalue weighted by molar-refractivity contribution is 5.94. The fourth-order valence-corrected chi connectivity index (χ4v) is 3.07. The molecule has 4 aromatic rings. The van der Waals surface area contributed by atoms with E-state index in [0.717, 1.165) is 11.3 Å². The smallest absolute Gasteiger partial charge is 0.254 e. The first-order chi connectivity index (χ1) is 14.5. The SMILES string of the molecule is CCc1noc(CN(C)C(=O)c2ccc(OCc3cn4cc(C)ccc4n3)cc2)n1. The minimum absolute atomic E-state index is 0.131. The van der Waals surface area contributed by atoms with Crippen LogP contribution in [0.15, 0.2) is 53.3 Å². The van der Waals surface area contributed by atoms with E-state index in [1.54, 1.807) is 36.2 Å². The number of ether oxygens (including phenoxy) is 1. The van der Waals surface area contributed by atoms with Crippen LogP contribution in [0.5, 0.6) is 5.75 Å². The number of benzene rings is 1. The van der Waals surface area contributed by atoms with E-state index in [1.165, 1.54) is 5.56 Å². The van der Waals surface area contributed by atoms with Gasteiger partial charge in [-0.25, -0.2) is 4.98 Å². The van der Waals surface area contributed by atoms with E-state index in [2.05, 4.69) is 15.1 Å². The first kappa shape index (κ1) is 19.6. The Morgan fingerprint density at radius 1 is 1.13 bits per heavy atom. The molecule has 0 fully saturated rings. The van der Waals surface area contributed by atoms with E-state index in [9.17, 15) is 4.79 Å². The molecule has 8 heteroatoms. The van der Waals surface area contributed by atoms with Crippen molar-refractivity contribution in [1.82, 2.24) is 24.4 Å². The molecule has 154 valence electrons. The van der Waals surface area contributed by atoms with Crippen molar-refractivity contribution < 1.29 is 14.1 Å². The van der Waals surface area contributed by atoms with Gasteiger partial charge in [0.1, 0.15) is 18.0 Å². The van der Waals surface area contributed by atoms with Gasteiger partial charge in [-0.3, -0.25) is 4.79 Å². The topological polar surface area (TPSA) is 85.8 Å². The van der Waals surface area contributed by atoms with Gasteiger partial charge in [0.2, 0.25) is 5.89 Å². The lowest BCUT2D eigenvalue weighted by atomic mass is 10.2. The Hall–Kier alpha value is -3.68. The summed E-state index contributed by atoms with van der Waals surface area (Å²) in [5, 5.41) is 3.85. The zero-order chi connectivity index (χ0) is 21.1. The lowest BCUT2D eigenvalue weighted by molar-refractivity contribution is 0.0769. The van der Waals surface area contributed by atoms with Gasteiger partial charge < -0.3 is 18.6 Å². The second-order valence-corrected chi connectivity index (χ2v) is 7.14. The van der Waals surface area contributed by atoms with E-state index < -0.39 is 0 Å². The molecule has 3 heterocycles. The van der Waals surface area contributed by atoms with Crippen LogP contribution in [-0.4, -0.2) is 37.4 Å². The Bertz CT molecular complexity index is 1160. The van der Waals surface area contributed by atoms with Crippen molar-refractivity contribution in [3.8, 4) is 5.75 Å². The number of hydrogen-bond donors (Lipinski definition) is 0. The van der Waals surface area contributed by atoms with Crippen LogP contribution in [0.1, 0.15) is 40.3 Å². The van der Waals surface area contributed by atoms with Gasteiger partial charge >= 0.3 is 0 Å². The number of nitrogens with zero attached hydrogens (tertiary/aromatic N) is 5. The summed E-state index contributed by atoms with van der Waals surface area (Å²) in [7, 11) is 1.70. The van der Waals surface area contributed by atoms with Gasteiger partial charge in [0, 0.05) is 31.4 Å². The summed E-state index contributed by atoms with van der Waals surface area (Å²) < 4.78 is 13.0. The summed E-state index contributed by atoms with van der Waals surface area (Å²) in [5.74, 6) is 1.60. The van der Waals surface area contributed by atoms with Crippen molar-refractivity contribution in [1.29, 1.82) is 0 Å². The molecule has 0 saturated carbocycles. The van der Waals surface area contributed by atoms with Gasteiger partial charge in [-0.05, 0) is 42.8 Å². The van der Waals surface area contributed by atoms with Gasteiger partial charge in [-0.1, -0.05) is 18.1 Å². The fraction of sp³-hybridized carbons (Fsp3) is 0.273. The largest absolute Gasteiger partial charge is 0.487 e. The molecule has 0 aliphatic heterocycles. The maximum atomic E-state index is 12.6. The summed E-state index contributed by atoms with van der Waals surface area (Å²) in [6, 6.07) is 11.1. The molecule has 0 bridgehead atoms. The van der Waals surface area contributed by atoms with Crippen molar-refractivity contribution in [2.75, 3.05) is 7.05 Å². The molecule has 8 nitrogen and oxygen atoms in total. The molecule has 0 N–H and O–H groups in total. The third-order valence-electron chi connectivity index (χ3n) is 4.68. The monoisotopic (exact) mass is 405 g/mol. The summed E-state index contributed by atoms with van der Waals surface area (Å²) in [5.41, 5.74) is 3.45. The van der Waals surface area contributed by atoms with Crippen LogP contribution in [0.2, 0.25) is 0 Å². The molecule has 0 saturated heterocycles. The number of carbonyl (C=O) groups excluding carboxylic acids is 1. The minimum Gasteiger partial charge on any atom is -0.487 e. The molecule has 0 unspecified atom stereocenters. The summed E-state index contributed by atoms with van der Waals surface area (Å²) in [6.07, 6.45) is 4.67. The molecule has 0 aliphatic carbocycles. The number of imidazole rings is 1. The van der Waals surface area contributed by atoms with Crippen LogP contribution in [-0.2, 0) is 19.6 Å². The van der Waals surface area contributed by atoms with Crippen molar-refractivity contribution in [2.24, 2.45) is 0 Å². The van der Waals surface area contributed by atoms with Gasteiger partial charge in [0.25, 0.3) is 5.91 Å². The van der Waals surface area contributed by atoms with Crippen molar-refractivity contribution in [3.05, 3.63) is 77.3 Å². The van der Waals surface area contributed by atoms with E-state index in [-0.39, 0.29) is 12.5 Å². The van der Waals surface area contributed by atoms with Gasteiger partial charge in [0.05, 0.1) is 12.2 Å². The van der Waals surface area contributed by atoms with Crippen LogP contribution in [0.4, 0.5) is 0 Å². The number of pyridine rings is 1. The lowest BCUT2D eigenvalue weighted by Gasteiger charge is -2.15. The molecular formula is C22H23N5O3. The number of fused-ring (bicyclic) bond motifs is 1. The number of aryl methyl sites for hydroxylation is 2. The number of carbonyl (C=O) groups is 1. The number of rotatable bonds is 7. The van der Waals surface area contributed by atoms with Crippen LogP contribution >= 0.6 is 0 Å². The molecule has 0 radical (unpaired) electrons. The molecular weight excluding hydrogens is 382 g/mol. The summed E-state index contributed by atoms with van der Waals surface area (Å²) in [4.78, 5) is 22.9. The summed E-state index contributed by atoms with van der Waals surface area (Å²) in [6.45, 7) is 4.60. The highest BCUT2D eigenvalue weighted by Crippen LogP contribution is 2.16. The number of aromatic nitrogens is 4. The Balaban J connectivity index is 1.36. The Morgan fingerprint density at radius 3 is 2.67 bits per heavy atom. The van der Waals surface area contributed by atoms with Crippen LogP contribution in [0.25, 0.3) is 5.65 Å². The second kappa shape index (κ2) is 8.36. The molecule has 30 heavy (non-hydrogen) atoms. The third kappa shape index (κ3) is 4.32. The molecule has 1 aromatic carbocycles. The lowest BCUT2D eigenvalue weighted by Crippen LogP contribution is -2.26. The highest BCUT2D eigenvalue weighted by Gasteiger charge is 2.15. The average molecular weight is 405 g/mol. The molecule has 3 aromatic heterocycles. The van der Waals surface area contributed by atoms with Crippen molar-refractivity contribution >= 4 is 11.6 Å². The van der Waals surface area contributed by atoms with Gasteiger partial charge in [-0.15, -0.1) is 0 Å². The predicted octanol–water partition coefficient (Wildman–Crippen LogP) is 3.44. The van der Waals surface area contributed by atoms with Gasteiger partial charge in [0.15, 0.2) is 5.82 Å². The maximum absolute atomic E-state index is 12.6. The quantitative estimate of drug-likeness (QED) is 0.468. The molecule has 0 atom stereocenters. The highest BCUT2D eigenvalue weighted by atomic mass is 16.5. The predicted molar refractivity (Wildman–Crippen MR) is 110 cm³/mol. The normalized spacial score (nSPS) is 11.0. The van der Waals surface area contributed by atoms with Gasteiger partial charge in [-0.2, -0.15) is 4.98 Å². The van der Waals surface area contributed by atoms with Crippen LogP contribution in [0.3, 0.4) is 0 Å². The standard InChI is InChI=1S/C22H23N5O3/c1-4-19-24-21(30-25-19)13-26(3)22(28)16-6-8-18(9-7-16)29-14-17-12-27-11-15(2)5-10-20(27)23-17/h5-12H,4,13-14H2,1-3H3. The van der Waals surface area contributed by atoms with E-state index in [4.69, 9.17) is 9.26 Å². The van der Waals surface area contributed by atoms with Crippen LogP contribution < -0.4 is 4.74 Å². The number of hydrogen-bond acceptors (Lipinski definition) is 6. The molecule has 0 aliphatic rings. The van der Waals surface area contributed by atoms with Crippen LogP contribution in [0, 0.1) is 6.92 Å². The number of amides is 1. The van der Waals surface area contributed by atoms with E-state index in [0.29, 0.717) is 36.1 Å². The molecule has 4 rings (SSSR count). The third-order valence-corrected chi connectivity index (χ3v) is 4.68. The zero-order valence-corrected chi connectivity index (χ0v) is 17.2. The van der Waals surface area contributed by atoms with E-state index in [1.807, 2.05) is 42.8 Å². The first-order valence-electron chi connectivity index (χ1n) is 9.76. The Morgan fingerprint density at radius 2 is 1.93 bits per heavy atom. The Labute approximate surface area is 174 Å². The fourth-order valence-electron chi connectivity index (χ4n) is 3.07. The average Bonchev–Trinajstić information content (AvgIpc) is 3.38. The Kier molecular flexibility index (Phi) is 5.47. The minimum atomic E-state index is -0.131. The summed E-state index contributed by atoms with van der Waals surface area (Å²) >= 11 is 0. The van der Waals surface area contributed by atoms with Crippen molar-refractivity contribution in [3.63, 3.8) is 0 Å². The molecule has 1 amide bonds. The maximum Gasteiger partial charge on any atom is 0.254 e. The zero-order valence-electron chi connectivity index (χ0n) is 17.2. The van der Waals surface area contributed by atoms with Crippen molar-refractivity contribution in [2.45, 2.75) is 33.4 Å².